The zero-order chi connectivity index (χ0) is 13.9. The molecule has 1 aliphatic rings. The van der Waals surface area contributed by atoms with Crippen molar-refractivity contribution < 1.29 is 9.52 Å². The van der Waals surface area contributed by atoms with Crippen molar-refractivity contribution in [2.45, 2.75) is 32.9 Å². The average Bonchev–Trinajstić information content (AvgIpc) is 2.75. The molecular weight excluding hydrogens is 240 g/mol. The highest BCUT2D eigenvalue weighted by atomic mass is 16.3. The first-order valence-electron chi connectivity index (χ1n) is 7.06. The van der Waals surface area contributed by atoms with Gasteiger partial charge in [0.15, 0.2) is 0 Å². The Bertz CT molecular complexity index is 376. The summed E-state index contributed by atoms with van der Waals surface area (Å²) in [6.07, 6.45) is 2.57. The predicted octanol–water partition coefficient (Wildman–Crippen LogP) is 1.80. The van der Waals surface area contributed by atoms with Crippen LogP contribution in [0.5, 0.6) is 0 Å². The van der Waals surface area contributed by atoms with Crippen LogP contribution in [0.1, 0.15) is 26.0 Å². The minimum atomic E-state index is 0.254. The van der Waals surface area contributed by atoms with E-state index in [1.807, 2.05) is 12.1 Å². The lowest BCUT2D eigenvalue weighted by Crippen LogP contribution is -2.39. The number of hydrogen-bond acceptors (Lipinski definition) is 4. The third kappa shape index (κ3) is 4.06. The van der Waals surface area contributed by atoms with Gasteiger partial charge in [-0.2, -0.15) is 0 Å². The fraction of sp³-hybridized carbons (Fsp3) is 0.733. The molecule has 1 unspecified atom stereocenters. The quantitative estimate of drug-likeness (QED) is 0.902. The molecular formula is C15H26N2O2. The van der Waals surface area contributed by atoms with Crippen LogP contribution in [0.15, 0.2) is 22.8 Å². The molecule has 4 heteroatoms. The Balaban J connectivity index is 2.07. The van der Waals surface area contributed by atoms with Crippen molar-refractivity contribution in [1.82, 2.24) is 9.80 Å². The van der Waals surface area contributed by atoms with Crippen molar-refractivity contribution in [2.24, 2.45) is 5.41 Å². The SMILES string of the molecule is CN1CC(C)(C)CN(Cc2ccco2)CC1CCO. The van der Waals surface area contributed by atoms with E-state index in [9.17, 15) is 5.11 Å². The second-order valence-electron chi connectivity index (χ2n) is 6.49. The van der Waals surface area contributed by atoms with Gasteiger partial charge < -0.3 is 14.4 Å². The van der Waals surface area contributed by atoms with Crippen LogP contribution in [0.25, 0.3) is 0 Å². The van der Waals surface area contributed by atoms with Crippen LogP contribution >= 0.6 is 0 Å². The first-order chi connectivity index (χ1) is 9.00. The van der Waals surface area contributed by atoms with Crippen LogP contribution in [0.3, 0.4) is 0 Å². The molecule has 1 aliphatic heterocycles. The summed E-state index contributed by atoms with van der Waals surface area (Å²) < 4.78 is 5.46. The number of aliphatic hydroxyl groups excluding tert-OH is 1. The maximum absolute atomic E-state index is 9.24. The van der Waals surface area contributed by atoms with Crippen molar-refractivity contribution in [3.05, 3.63) is 24.2 Å². The molecule has 108 valence electrons. The Morgan fingerprint density at radius 2 is 2.21 bits per heavy atom. The van der Waals surface area contributed by atoms with E-state index in [1.54, 1.807) is 6.26 Å². The van der Waals surface area contributed by atoms with Gasteiger partial charge >= 0.3 is 0 Å². The van der Waals surface area contributed by atoms with E-state index in [2.05, 4.69) is 30.7 Å². The highest BCUT2D eigenvalue weighted by Crippen LogP contribution is 2.25. The van der Waals surface area contributed by atoms with E-state index >= 15 is 0 Å². The number of furan rings is 1. The third-order valence-electron chi connectivity index (χ3n) is 3.84. The van der Waals surface area contributed by atoms with E-state index in [4.69, 9.17) is 4.42 Å². The van der Waals surface area contributed by atoms with E-state index in [0.717, 1.165) is 38.4 Å². The van der Waals surface area contributed by atoms with Crippen LogP contribution < -0.4 is 0 Å². The molecule has 0 aromatic carbocycles. The molecule has 1 fully saturated rings. The number of rotatable bonds is 4. The minimum Gasteiger partial charge on any atom is -0.468 e. The molecule has 2 rings (SSSR count). The second-order valence-corrected chi connectivity index (χ2v) is 6.49. The first-order valence-corrected chi connectivity index (χ1v) is 7.06. The van der Waals surface area contributed by atoms with Crippen LogP contribution in [0, 0.1) is 5.41 Å². The van der Waals surface area contributed by atoms with Crippen LogP contribution in [0.4, 0.5) is 0 Å². The monoisotopic (exact) mass is 266 g/mol. The summed E-state index contributed by atoms with van der Waals surface area (Å²) in [6, 6.07) is 4.39. The van der Waals surface area contributed by atoms with Crippen LogP contribution in [0.2, 0.25) is 0 Å². The minimum absolute atomic E-state index is 0.254. The Labute approximate surface area is 116 Å². The second kappa shape index (κ2) is 6.07. The zero-order valence-electron chi connectivity index (χ0n) is 12.3. The summed E-state index contributed by atoms with van der Waals surface area (Å²) in [5, 5.41) is 9.24. The third-order valence-corrected chi connectivity index (χ3v) is 3.84. The van der Waals surface area contributed by atoms with E-state index in [1.165, 1.54) is 0 Å². The van der Waals surface area contributed by atoms with Crippen molar-refractivity contribution in [3.8, 4) is 0 Å². The zero-order valence-corrected chi connectivity index (χ0v) is 12.3. The van der Waals surface area contributed by atoms with Crippen molar-refractivity contribution in [2.75, 3.05) is 33.3 Å². The van der Waals surface area contributed by atoms with E-state index < -0.39 is 0 Å². The van der Waals surface area contributed by atoms with Gasteiger partial charge in [-0.15, -0.1) is 0 Å². The molecule has 0 aliphatic carbocycles. The molecule has 4 nitrogen and oxygen atoms in total. The lowest BCUT2D eigenvalue weighted by atomic mass is 9.92. The Morgan fingerprint density at radius 3 is 2.84 bits per heavy atom. The molecule has 0 bridgehead atoms. The number of nitrogens with zero attached hydrogens (tertiary/aromatic N) is 2. The predicted molar refractivity (Wildman–Crippen MR) is 75.9 cm³/mol. The van der Waals surface area contributed by atoms with Gasteiger partial charge in [-0.3, -0.25) is 4.90 Å². The standard InChI is InChI=1S/C15H26N2O2/c1-15(2)11-16(3)13(6-7-18)9-17(12-15)10-14-5-4-8-19-14/h4-5,8,13,18H,6-7,9-12H2,1-3H3. The number of hydrogen-bond donors (Lipinski definition) is 1. The largest absolute Gasteiger partial charge is 0.468 e. The highest BCUT2D eigenvalue weighted by Gasteiger charge is 2.32. The summed E-state index contributed by atoms with van der Waals surface area (Å²) in [7, 11) is 2.17. The van der Waals surface area contributed by atoms with Gasteiger partial charge in [0.2, 0.25) is 0 Å². The summed E-state index contributed by atoms with van der Waals surface area (Å²) in [4.78, 5) is 4.83. The molecule has 0 spiro atoms. The van der Waals surface area contributed by atoms with Gasteiger partial charge in [0.1, 0.15) is 5.76 Å². The van der Waals surface area contributed by atoms with Gasteiger partial charge in [0.25, 0.3) is 0 Å². The molecule has 1 aromatic rings. The lowest BCUT2D eigenvalue weighted by Gasteiger charge is -2.30. The average molecular weight is 266 g/mol. The Morgan fingerprint density at radius 1 is 1.42 bits per heavy atom. The molecule has 1 atom stereocenters. The molecule has 0 amide bonds. The topological polar surface area (TPSA) is 39.9 Å². The molecule has 0 saturated carbocycles. The van der Waals surface area contributed by atoms with Gasteiger partial charge in [0, 0.05) is 32.3 Å². The number of likely N-dealkylation sites (N-methyl/N-ethyl adjacent to an activating group) is 1. The molecule has 19 heavy (non-hydrogen) atoms. The molecule has 1 saturated heterocycles. The van der Waals surface area contributed by atoms with Gasteiger partial charge in [-0.05, 0) is 31.0 Å². The highest BCUT2D eigenvalue weighted by molar-refractivity contribution is 4.99. The molecule has 0 radical (unpaired) electrons. The Hall–Kier alpha value is -0.840. The van der Waals surface area contributed by atoms with Crippen LogP contribution in [-0.2, 0) is 6.54 Å². The lowest BCUT2D eigenvalue weighted by molar-refractivity contribution is 0.157. The molecule has 2 heterocycles. The summed E-state index contributed by atoms with van der Waals surface area (Å²) in [5.41, 5.74) is 0.256. The number of aliphatic hydroxyl groups is 1. The van der Waals surface area contributed by atoms with Crippen molar-refractivity contribution in [3.63, 3.8) is 0 Å². The van der Waals surface area contributed by atoms with Gasteiger partial charge in [0.05, 0.1) is 12.8 Å². The summed E-state index contributed by atoms with van der Waals surface area (Å²) >= 11 is 0. The summed E-state index contributed by atoms with van der Waals surface area (Å²) in [6.45, 7) is 8.82. The van der Waals surface area contributed by atoms with E-state index in [-0.39, 0.29) is 12.0 Å². The smallest absolute Gasteiger partial charge is 0.117 e. The van der Waals surface area contributed by atoms with Gasteiger partial charge in [-0.25, -0.2) is 0 Å². The van der Waals surface area contributed by atoms with E-state index in [0.29, 0.717) is 6.04 Å². The summed E-state index contributed by atoms with van der Waals surface area (Å²) in [5.74, 6) is 1.02. The Kier molecular flexibility index (Phi) is 4.66. The molecule has 1 aromatic heterocycles. The normalized spacial score (nSPS) is 25.4. The van der Waals surface area contributed by atoms with Crippen molar-refractivity contribution in [1.29, 1.82) is 0 Å². The fourth-order valence-electron chi connectivity index (χ4n) is 3.17. The van der Waals surface area contributed by atoms with Gasteiger partial charge in [-0.1, -0.05) is 13.8 Å². The van der Waals surface area contributed by atoms with Crippen molar-refractivity contribution >= 4 is 0 Å². The maximum Gasteiger partial charge on any atom is 0.117 e. The molecule has 1 N–H and O–H groups in total. The fourth-order valence-corrected chi connectivity index (χ4v) is 3.17. The first kappa shape index (κ1) is 14.6. The van der Waals surface area contributed by atoms with Crippen LogP contribution in [-0.4, -0.2) is 54.2 Å². The maximum atomic E-state index is 9.24.